The van der Waals surface area contributed by atoms with Gasteiger partial charge in [-0.1, -0.05) is 58.8 Å². The summed E-state index contributed by atoms with van der Waals surface area (Å²) < 4.78 is 16.9. The third-order valence-corrected chi connectivity index (χ3v) is 3.68. The molecule has 4 nitrogen and oxygen atoms in total. The van der Waals surface area contributed by atoms with E-state index >= 15 is 0 Å². The molecule has 1 unspecified atom stereocenters. The summed E-state index contributed by atoms with van der Waals surface area (Å²) in [6.07, 6.45) is 11.7. The lowest BCUT2D eigenvalue weighted by Gasteiger charge is -2.18. The van der Waals surface area contributed by atoms with Gasteiger partial charge in [0.25, 0.3) is 0 Å². The van der Waals surface area contributed by atoms with E-state index in [1.54, 1.807) is 0 Å². The van der Waals surface area contributed by atoms with Crippen molar-refractivity contribution >= 4 is 6.08 Å². The summed E-state index contributed by atoms with van der Waals surface area (Å²) >= 11 is 0. The molecule has 1 heterocycles. The minimum absolute atomic E-state index is 0.176. The molecule has 1 aliphatic rings. The highest BCUT2D eigenvalue weighted by Crippen LogP contribution is 2.11. The third kappa shape index (κ3) is 9.72. The number of nitrogens with zero attached hydrogens (tertiary/aromatic N) is 1. The molecule has 0 amide bonds. The zero-order valence-corrected chi connectivity index (χ0v) is 13.9. The monoisotopic (exact) mass is 299 g/mol. The molecule has 0 spiro atoms. The zero-order chi connectivity index (χ0) is 15.2. The molecule has 21 heavy (non-hydrogen) atoms. The van der Waals surface area contributed by atoms with E-state index in [0.717, 1.165) is 19.4 Å². The normalized spacial score (nSPS) is 15.6. The van der Waals surface area contributed by atoms with Crippen LogP contribution in [0.5, 0.6) is 0 Å². The Morgan fingerprint density at radius 1 is 1.05 bits per heavy atom. The second-order valence-electron chi connectivity index (χ2n) is 5.71. The first-order valence-corrected chi connectivity index (χ1v) is 8.78. The van der Waals surface area contributed by atoms with E-state index in [1.165, 1.54) is 44.9 Å². The van der Waals surface area contributed by atoms with Gasteiger partial charge in [-0.3, -0.25) is 0 Å². The molecule has 1 aliphatic heterocycles. The van der Waals surface area contributed by atoms with E-state index in [-0.39, 0.29) is 6.10 Å². The van der Waals surface area contributed by atoms with E-state index in [1.807, 2.05) is 0 Å². The van der Waals surface area contributed by atoms with Crippen LogP contribution >= 0.6 is 0 Å². The molecule has 0 bridgehead atoms. The number of aliphatic imine (C=N–C) groups is 1. The van der Waals surface area contributed by atoms with Gasteiger partial charge in [0.2, 0.25) is 0 Å². The first-order valence-electron chi connectivity index (χ1n) is 8.78. The molecule has 0 saturated heterocycles. The summed E-state index contributed by atoms with van der Waals surface area (Å²) in [5.74, 6) is 0. The molecule has 0 aromatic carbocycles. The highest BCUT2D eigenvalue weighted by Gasteiger charge is 2.14. The van der Waals surface area contributed by atoms with Crippen molar-refractivity contribution < 1.29 is 14.2 Å². The Kier molecular flexibility index (Phi) is 11.3. The fraction of sp³-hybridized carbons (Fsp3) is 0.941. The van der Waals surface area contributed by atoms with Crippen LogP contribution in [0, 0.1) is 0 Å². The van der Waals surface area contributed by atoms with Crippen LogP contribution in [0.25, 0.3) is 0 Å². The number of ether oxygens (including phenoxy) is 3. The molecule has 0 saturated carbocycles. The van der Waals surface area contributed by atoms with Gasteiger partial charge in [0, 0.05) is 6.61 Å². The van der Waals surface area contributed by atoms with Crippen molar-refractivity contribution in [1.29, 1.82) is 0 Å². The van der Waals surface area contributed by atoms with Crippen LogP contribution in [0.15, 0.2) is 4.99 Å². The molecular formula is C17H33NO3. The van der Waals surface area contributed by atoms with E-state index in [4.69, 9.17) is 14.2 Å². The van der Waals surface area contributed by atoms with Crippen LogP contribution < -0.4 is 0 Å². The van der Waals surface area contributed by atoms with Crippen molar-refractivity contribution in [3.8, 4) is 0 Å². The topological polar surface area (TPSA) is 40.0 Å². The highest BCUT2D eigenvalue weighted by molar-refractivity contribution is 5.68. The Labute approximate surface area is 130 Å². The Hall–Kier alpha value is -0.770. The van der Waals surface area contributed by atoms with Gasteiger partial charge in [-0.2, -0.15) is 0 Å². The van der Waals surface area contributed by atoms with Gasteiger partial charge in [-0.05, 0) is 12.8 Å². The summed E-state index contributed by atoms with van der Waals surface area (Å²) in [6, 6.07) is 0. The SMILES string of the molecule is CCCCCCOC(CCCCCC)COC1=NCCO1. The number of rotatable bonds is 13. The maximum atomic E-state index is 5.99. The number of unbranched alkanes of at least 4 members (excludes halogenated alkanes) is 6. The molecule has 1 rings (SSSR count). The molecule has 4 heteroatoms. The predicted molar refractivity (Wildman–Crippen MR) is 86.8 cm³/mol. The molecule has 0 aromatic rings. The highest BCUT2D eigenvalue weighted by atomic mass is 16.7. The minimum atomic E-state index is 0.176. The van der Waals surface area contributed by atoms with Crippen molar-refractivity contribution in [3.63, 3.8) is 0 Å². The molecule has 0 fully saturated rings. The van der Waals surface area contributed by atoms with Crippen LogP contribution in [0.1, 0.15) is 71.6 Å². The maximum Gasteiger partial charge on any atom is 0.383 e. The molecular weight excluding hydrogens is 266 g/mol. The Bertz CT molecular complexity index is 269. The average molecular weight is 299 g/mol. The standard InChI is InChI=1S/C17H33NO3/c1-3-5-7-9-11-16(19-13-10-8-6-4-2)15-21-17-18-12-14-20-17/h16H,3-15H2,1-2H3. The minimum Gasteiger partial charge on any atom is -0.449 e. The molecule has 1 atom stereocenters. The van der Waals surface area contributed by atoms with Gasteiger partial charge in [0.05, 0.1) is 12.6 Å². The molecule has 124 valence electrons. The van der Waals surface area contributed by atoms with Gasteiger partial charge < -0.3 is 14.2 Å². The van der Waals surface area contributed by atoms with Crippen molar-refractivity contribution in [1.82, 2.24) is 0 Å². The second kappa shape index (κ2) is 12.9. The molecule has 0 aliphatic carbocycles. The number of hydrogen-bond donors (Lipinski definition) is 0. The number of hydrogen-bond acceptors (Lipinski definition) is 4. The van der Waals surface area contributed by atoms with E-state index in [2.05, 4.69) is 18.8 Å². The summed E-state index contributed by atoms with van der Waals surface area (Å²) in [7, 11) is 0. The van der Waals surface area contributed by atoms with Gasteiger partial charge >= 0.3 is 6.08 Å². The smallest absolute Gasteiger partial charge is 0.383 e. The molecule has 0 N–H and O–H groups in total. The Morgan fingerprint density at radius 3 is 2.48 bits per heavy atom. The average Bonchev–Trinajstić information content (AvgIpc) is 3.01. The van der Waals surface area contributed by atoms with Gasteiger partial charge in [-0.15, -0.1) is 0 Å². The lowest BCUT2D eigenvalue weighted by molar-refractivity contribution is 0.000928. The predicted octanol–water partition coefficient (Wildman–Crippen LogP) is 4.33. The van der Waals surface area contributed by atoms with Gasteiger partial charge in [0.15, 0.2) is 0 Å². The Balaban J connectivity index is 2.16. The maximum absolute atomic E-state index is 5.99. The van der Waals surface area contributed by atoms with Crippen LogP contribution in [0.3, 0.4) is 0 Å². The summed E-state index contributed by atoms with van der Waals surface area (Å²) in [6.45, 7) is 7.24. The summed E-state index contributed by atoms with van der Waals surface area (Å²) in [5.41, 5.74) is 0. The van der Waals surface area contributed by atoms with Crippen LogP contribution in [-0.4, -0.2) is 38.6 Å². The van der Waals surface area contributed by atoms with Gasteiger partial charge in [0.1, 0.15) is 13.2 Å². The Morgan fingerprint density at radius 2 is 1.81 bits per heavy atom. The fourth-order valence-electron chi connectivity index (χ4n) is 2.36. The van der Waals surface area contributed by atoms with E-state index < -0.39 is 0 Å². The molecule has 0 radical (unpaired) electrons. The lowest BCUT2D eigenvalue weighted by Crippen LogP contribution is -2.23. The summed E-state index contributed by atoms with van der Waals surface area (Å²) in [5, 5.41) is 0. The largest absolute Gasteiger partial charge is 0.449 e. The molecule has 0 aromatic heterocycles. The summed E-state index contributed by atoms with van der Waals surface area (Å²) in [4.78, 5) is 4.15. The quantitative estimate of drug-likeness (QED) is 0.475. The first kappa shape index (κ1) is 18.3. The van der Waals surface area contributed by atoms with Crippen molar-refractivity contribution in [2.45, 2.75) is 77.7 Å². The van der Waals surface area contributed by atoms with Crippen LogP contribution in [0.4, 0.5) is 0 Å². The fourth-order valence-corrected chi connectivity index (χ4v) is 2.36. The van der Waals surface area contributed by atoms with Crippen LogP contribution in [-0.2, 0) is 14.2 Å². The van der Waals surface area contributed by atoms with Crippen LogP contribution in [0.2, 0.25) is 0 Å². The van der Waals surface area contributed by atoms with Crippen molar-refractivity contribution in [2.24, 2.45) is 4.99 Å². The van der Waals surface area contributed by atoms with E-state index in [9.17, 15) is 0 Å². The zero-order valence-electron chi connectivity index (χ0n) is 13.9. The second-order valence-corrected chi connectivity index (χ2v) is 5.71. The van der Waals surface area contributed by atoms with Gasteiger partial charge in [-0.25, -0.2) is 4.99 Å². The first-order chi connectivity index (χ1) is 10.4. The van der Waals surface area contributed by atoms with E-state index in [0.29, 0.717) is 25.8 Å². The third-order valence-electron chi connectivity index (χ3n) is 3.68. The van der Waals surface area contributed by atoms with Crippen molar-refractivity contribution in [3.05, 3.63) is 0 Å². The lowest BCUT2D eigenvalue weighted by atomic mass is 10.1. The van der Waals surface area contributed by atoms with Crippen molar-refractivity contribution in [2.75, 3.05) is 26.4 Å².